The minimum Gasteiger partial charge on any atom is -0.507 e. The van der Waals surface area contributed by atoms with Gasteiger partial charge in [-0.25, -0.2) is 0 Å². The number of fused-ring (bicyclic) bond motifs is 1. The third-order valence-corrected chi connectivity index (χ3v) is 2.46. The molecule has 0 bridgehead atoms. The number of aromatic amines is 1. The van der Waals surface area contributed by atoms with Gasteiger partial charge in [-0.1, -0.05) is 0 Å². The van der Waals surface area contributed by atoms with E-state index in [0.717, 1.165) is 30.5 Å². The first-order valence-corrected chi connectivity index (χ1v) is 4.13. The Morgan fingerprint density at radius 1 is 1.42 bits per heavy atom. The molecular formula is C9H11NO2. The molecule has 0 saturated carbocycles. The highest BCUT2D eigenvalue weighted by Gasteiger charge is 2.18. The summed E-state index contributed by atoms with van der Waals surface area (Å²) in [7, 11) is 0. The molecule has 0 radical (unpaired) electrons. The maximum absolute atomic E-state index is 11.2. The van der Waals surface area contributed by atoms with Crippen molar-refractivity contribution in [3.05, 3.63) is 27.2 Å². The van der Waals surface area contributed by atoms with Crippen LogP contribution in [0.15, 0.2) is 4.79 Å². The number of hydrogen-bond acceptors (Lipinski definition) is 2. The van der Waals surface area contributed by atoms with Crippen LogP contribution in [0.25, 0.3) is 0 Å². The first-order valence-electron chi connectivity index (χ1n) is 4.13. The van der Waals surface area contributed by atoms with Crippen molar-refractivity contribution in [2.75, 3.05) is 0 Å². The molecule has 0 aliphatic heterocycles. The van der Waals surface area contributed by atoms with Crippen molar-refractivity contribution in [1.29, 1.82) is 0 Å². The van der Waals surface area contributed by atoms with Gasteiger partial charge in [-0.2, -0.15) is 0 Å². The molecule has 64 valence electrons. The van der Waals surface area contributed by atoms with Crippen molar-refractivity contribution in [2.24, 2.45) is 0 Å². The number of rotatable bonds is 0. The van der Waals surface area contributed by atoms with Crippen molar-refractivity contribution in [3.63, 3.8) is 0 Å². The second kappa shape index (κ2) is 2.37. The summed E-state index contributed by atoms with van der Waals surface area (Å²) < 4.78 is 0. The lowest BCUT2D eigenvalue weighted by molar-refractivity contribution is 0.463. The van der Waals surface area contributed by atoms with E-state index in [1.807, 2.05) is 0 Å². The highest BCUT2D eigenvalue weighted by Crippen LogP contribution is 2.28. The third-order valence-electron chi connectivity index (χ3n) is 2.46. The summed E-state index contributed by atoms with van der Waals surface area (Å²) in [6.07, 6.45) is 2.81. The minimum absolute atomic E-state index is 0.159. The van der Waals surface area contributed by atoms with Gasteiger partial charge in [0.2, 0.25) is 0 Å². The molecule has 1 aromatic heterocycles. The van der Waals surface area contributed by atoms with Crippen LogP contribution in [0.3, 0.4) is 0 Å². The van der Waals surface area contributed by atoms with Crippen molar-refractivity contribution < 1.29 is 5.11 Å². The van der Waals surface area contributed by atoms with Gasteiger partial charge < -0.3 is 10.1 Å². The Balaban J connectivity index is 2.76. The Bertz CT molecular complexity index is 379. The van der Waals surface area contributed by atoms with Crippen LogP contribution in [0.2, 0.25) is 0 Å². The Morgan fingerprint density at radius 2 is 2.17 bits per heavy atom. The molecule has 0 amide bonds. The van der Waals surface area contributed by atoms with E-state index in [0.29, 0.717) is 5.56 Å². The molecule has 0 aromatic carbocycles. The summed E-state index contributed by atoms with van der Waals surface area (Å²) in [6, 6.07) is 0. The van der Waals surface area contributed by atoms with Gasteiger partial charge in [0.1, 0.15) is 5.75 Å². The van der Waals surface area contributed by atoms with Gasteiger partial charge in [-0.3, -0.25) is 4.79 Å². The zero-order valence-electron chi connectivity index (χ0n) is 6.98. The Labute approximate surface area is 70.1 Å². The molecule has 0 fully saturated rings. The minimum atomic E-state index is -0.159. The van der Waals surface area contributed by atoms with E-state index >= 15 is 0 Å². The molecule has 1 aliphatic carbocycles. The third kappa shape index (κ3) is 0.858. The van der Waals surface area contributed by atoms with Crippen molar-refractivity contribution in [1.82, 2.24) is 4.98 Å². The molecule has 0 unspecified atom stereocenters. The summed E-state index contributed by atoms with van der Waals surface area (Å²) in [6.45, 7) is 1.65. The summed E-state index contributed by atoms with van der Waals surface area (Å²) >= 11 is 0. The fourth-order valence-corrected chi connectivity index (χ4v) is 1.71. The van der Waals surface area contributed by atoms with E-state index in [4.69, 9.17) is 0 Å². The molecule has 3 nitrogen and oxygen atoms in total. The lowest BCUT2D eigenvalue weighted by Gasteiger charge is -2.03. The molecule has 1 aromatic rings. The van der Waals surface area contributed by atoms with E-state index in [2.05, 4.69) is 4.98 Å². The van der Waals surface area contributed by atoms with Crippen LogP contribution < -0.4 is 5.56 Å². The zero-order chi connectivity index (χ0) is 8.72. The summed E-state index contributed by atoms with van der Waals surface area (Å²) in [4.78, 5) is 14.0. The molecule has 0 saturated heterocycles. The smallest absolute Gasteiger partial charge is 0.254 e. The normalized spacial score (nSPS) is 14.8. The lowest BCUT2D eigenvalue weighted by Crippen LogP contribution is -2.12. The van der Waals surface area contributed by atoms with Crippen LogP contribution in [0.1, 0.15) is 23.2 Å². The monoisotopic (exact) mass is 165 g/mol. The fourth-order valence-electron chi connectivity index (χ4n) is 1.71. The lowest BCUT2D eigenvalue weighted by atomic mass is 10.1. The molecule has 2 rings (SSSR count). The van der Waals surface area contributed by atoms with Crippen LogP contribution in [-0.4, -0.2) is 10.1 Å². The SMILES string of the molecule is Cc1c(O)c2c([nH]c1=O)CCC2. The molecule has 1 aliphatic rings. The number of aromatic hydroxyl groups is 1. The Kier molecular flexibility index (Phi) is 1.46. The summed E-state index contributed by atoms with van der Waals surface area (Å²) in [5.41, 5.74) is 2.14. The number of H-pyrrole nitrogens is 1. The molecular weight excluding hydrogens is 154 g/mol. The second-order valence-corrected chi connectivity index (χ2v) is 3.24. The Morgan fingerprint density at radius 3 is 2.92 bits per heavy atom. The van der Waals surface area contributed by atoms with Crippen molar-refractivity contribution in [2.45, 2.75) is 26.2 Å². The number of nitrogens with one attached hydrogen (secondary N) is 1. The maximum atomic E-state index is 11.2. The Hall–Kier alpha value is -1.25. The highest BCUT2D eigenvalue weighted by molar-refractivity contribution is 5.42. The predicted octanol–water partition coefficient (Wildman–Crippen LogP) is 0.878. The number of pyridine rings is 1. The standard InChI is InChI=1S/C9H11NO2/c1-5-8(11)6-3-2-4-7(6)10-9(5)12/h2-4H2,1H3,(H2,10,11,12). The average molecular weight is 165 g/mol. The molecule has 0 atom stereocenters. The van der Waals surface area contributed by atoms with Gasteiger partial charge in [0.25, 0.3) is 5.56 Å². The van der Waals surface area contributed by atoms with E-state index in [9.17, 15) is 9.90 Å². The van der Waals surface area contributed by atoms with Gasteiger partial charge in [0.05, 0.1) is 5.56 Å². The quantitative estimate of drug-likeness (QED) is 0.599. The van der Waals surface area contributed by atoms with Gasteiger partial charge in [-0.05, 0) is 26.2 Å². The predicted molar refractivity (Wildman–Crippen MR) is 45.5 cm³/mol. The second-order valence-electron chi connectivity index (χ2n) is 3.24. The van der Waals surface area contributed by atoms with Crippen LogP contribution in [0.5, 0.6) is 5.75 Å². The van der Waals surface area contributed by atoms with Gasteiger partial charge >= 0.3 is 0 Å². The molecule has 3 heteroatoms. The molecule has 1 heterocycles. The largest absolute Gasteiger partial charge is 0.507 e. The first-order chi connectivity index (χ1) is 5.70. The van der Waals surface area contributed by atoms with Crippen LogP contribution >= 0.6 is 0 Å². The van der Waals surface area contributed by atoms with Crippen molar-refractivity contribution in [3.8, 4) is 5.75 Å². The summed E-state index contributed by atoms with van der Waals surface area (Å²) in [5.74, 6) is 0.200. The molecule has 2 N–H and O–H groups in total. The number of aromatic nitrogens is 1. The molecule has 12 heavy (non-hydrogen) atoms. The zero-order valence-corrected chi connectivity index (χ0v) is 6.98. The van der Waals surface area contributed by atoms with Crippen LogP contribution in [-0.2, 0) is 12.8 Å². The number of aryl methyl sites for hydroxylation is 1. The molecule has 0 spiro atoms. The van der Waals surface area contributed by atoms with E-state index in [1.54, 1.807) is 6.92 Å². The fraction of sp³-hybridized carbons (Fsp3) is 0.444. The maximum Gasteiger partial charge on any atom is 0.254 e. The highest BCUT2D eigenvalue weighted by atomic mass is 16.3. The van der Waals surface area contributed by atoms with Crippen LogP contribution in [0, 0.1) is 6.92 Å². The summed E-state index contributed by atoms with van der Waals surface area (Å²) in [5, 5.41) is 9.58. The van der Waals surface area contributed by atoms with E-state index in [-0.39, 0.29) is 11.3 Å². The first kappa shape index (κ1) is 7.40. The van der Waals surface area contributed by atoms with Crippen molar-refractivity contribution >= 4 is 0 Å². The van der Waals surface area contributed by atoms with Crippen LogP contribution in [0.4, 0.5) is 0 Å². The topological polar surface area (TPSA) is 53.1 Å². The van der Waals surface area contributed by atoms with Gasteiger partial charge in [0.15, 0.2) is 0 Å². The van der Waals surface area contributed by atoms with E-state index < -0.39 is 0 Å². The average Bonchev–Trinajstić information content (AvgIpc) is 2.48. The van der Waals surface area contributed by atoms with Gasteiger partial charge in [0, 0.05) is 11.3 Å². The van der Waals surface area contributed by atoms with Gasteiger partial charge in [-0.15, -0.1) is 0 Å². The van der Waals surface area contributed by atoms with E-state index in [1.165, 1.54) is 0 Å². The number of hydrogen-bond donors (Lipinski definition) is 2.